The molecule has 3 unspecified atom stereocenters. The summed E-state index contributed by atoms with van der Waals surface area (Å²) in [4.78, 5) is 0. The lowest BCUT2D eigenvalue weighted by molar-refractivity contribution is 0.244. The van der Waals surface area contributed by atoms with Crippen molar-refractivity contribution < 1.29 is 8.78 Å². The minimum absolute atomic E-state index is 0.269. The zero-order chi connectivity index (χ0) is 13.3. The van der Waals surface area contributed by atoms with Crippen LogP contribution in [0, 0.1) is 30.4 Å². The first kappa shape index (κ1) is 13.5. The molecular formula is C15H21F2N. The average Bonchev–Trinajstić information content (AvgIpc) is 2.35. The third kappa shape index (κ3) is 2.56. The Kier molecular flexibility index (Phi) is 4.00. The monoisotopic (exact) mass is 253 g/mol. The molecule has 3 heteroatoms. The first-order valence-electron chi connectivity index (χ1n) is 6.70. The summed E-state index contributed by atoms with van der Waals surface area (Å²) < 4.78 is 27.5. The van der Waals surface area contributed by atoms with E-state index >= 15 is 0 Å². The lowest BCUT2D eigenvalue weighted by Crippen LogP contribution is -2.27. The number of hydrogen-bond acceptors (Lipinski definition) is 1. The van der Waals surface area contributed by atoms with E-state index in [0.717, 1.165) is 19.3 Å². The molecule has 0 aromatic heterocycles. The van der Waals surface area contributed by atoms with E-state index in [9.17, 15) is 8.78 Å². The molecule has 0 heterocycles. The van der Waals surface area contributed by atoms with E-state index in [1.54, 1.807) is 19.1 Å². The fraction of sp³-hybridized carbons (Fsp3) is 0.600. The van der Waals surface area contributed by atoms with Crippen molar-refractivity contribution >= 4 is 0 Å². The van der Waals surface area contributed by atoms with Crippen LogP contribution in [0.2, 0.25) is 0 Å². The molecule has 2 N–H and O–H groups in total. The van der Waals surface area contributed by atoms with Crippen molar-refractivity contribution in [3.8, 4) is 0 Å². The molecule has 0 radical (unpaired) electrons. The summed E-state index contributed by atoms with van der Waals surface area (Å²) in [6, 6.07) is 2.86. The smallest absolute Gasteiger partial charge is 0.163 e. The van der Waals surface area contributed by atoms with Crippen LogP contribution in [0.25, 0.3) is 0 Å². The third-order valence-electron chi connectivity index (χ3n) is 4.15. The topological polar surface area (TPSA) is 26.0 Å². The maximum atomic E-state index is 13.9. The third-order valence-corrected chi connectivity index (χ3v) is 4.15. The summed E-state index contributed by atoms with van der Waals surface area (Å²) >= 11 is 0. The largest absolute Gasteiger partial charge is 0.324 e. The molecule has 1 nitrogen and oxygen atoms in total. The summed E-state index contributed by atoms with van der Waals surface area (Å²) in [5.41, 5.74) is 6.81. The van der Waals surface area contributed by atoms with Crippen LogP contribution in [-0.4, -0.2) is 0 Å². The maximum Gasteiger partial charge on any atom is 0.163 e. The molecule has 1 fully saturated rings. The molecule has 0 bridgehead atoms. The van der Waals surface area contributed by atoms with E-state index in [2.05, 4.69) is 6.92 Å². The van der Waals surface area contributed by atoms with E-state index in [1.165, 1.54) is 6.42 Å². The molecule has 0 aliphatic heterocycles. The summed E-state index contributed by atoms with van der Waals surface area (Å²) in [5, 5.41) is 0. The SMILES string of the molecule is Cc1ccc(C(N)C2CCCC(C)C2)c(F)c1F. The summed E-state index contributed by atoms with van der Waals surface area (Å²) in [6.07, 6.45) is 4.38. The molecule has 0 amide bonds. The van der Waals surface area contributed by atoms with Gasteiger partial charge in [-0.15, -0.1) is 0 Å². The van der Waals surface area contributed by atoms with E-state index in [0.29, 0.717) is 17.0 Å². The van der Waals surface area contributed by atoms with Gasteiger partial charge in [-0.3, -0.25) is 0 Å². The van der Waals surface area contributed by atoms with Crippen molar-refractivity contribution in [3.05, 3.63) is 34.9 Å². The highest BCUT2D eigenvalue weighted by atomic mass is 19.2. The van der Waals surface area contributed by atoms with E-state index in [1.807, 2.05) is 0 Å². The van der Waals surface area contributed by atoms with Crippen LogP contribution in [0.1, 0.15) is 49.8 Å². The summed E-state index contributed by atoms with van der Waals surface area (Å²) in [6.45, 7) is 3.77. The van der Waals surface area contributed by atoms with Crippen molar-refractivity contribution in [2.75, 3.05) is 0 Å². The number of benzene rings is 1. The average molecular weight is 253 g/mol. The second-order valence-electron chi connectivity index (χ2n) is 5.66. The molecular weight excluding hydrogens is 232 g/mol. The van der Waals surface area contributed by atoms with Gasteiger partial charge >= 0.3 is 0 Å². The molecule has 1 aliphatic carbocycles. The minimum Gasteiger partial charge on any atom is -0.324 e. The van der Waals surface area contributed by atoms with Crippen LogP contribution in [0.5, 0.6) is 0 Å². The predicted octanol–water partition coefficient (Wildman–Crippen LogP) is 4.10. The first-order chi connectivity index (χ1) is 8.50. The van der Waals surface area contributed by atoms with Gasteiger partial charge in [-0.1, -0.05) is 31.9 Å². The molecule has 0 spiro atoms. The second kappa shape index (κ2) is 5.35. The summed E-state index contributed by atoms with van der Waals surface area (Å²) in [7, 11) is 0. The Hall–Kier alpha value is -0.960. The van der Waals surface area contributed by atoms with Gasteiger partial charge in [0.25, 0.3) is 0 Å². The molecule has 18 heavy (non-hydrogen) atoms. The highest BCUT2D eigenvalue weighted by Crippen LogP contribution is 2.37. The number of hydrogen-bond donors (Lipinski definition) is 1. The van der Waals surface area contributed by atoms with Crippen molar-refractivity contribution in [2.24, 2.45) is 17.6 Å². The van der Waals surface area contributed by atoms with Crippen LogP contribution >= 0.6 is 0 Å². The zero-order valence-corrected chi connectivity index (χ0v) is 11.0. The fourth-order valence-electron chi connectivity index (χ4n) is 2.98. The standard InChI is InChI=1S/C15H21F2N/c1-9-4-3-5-11(8-9)15(18)12-7-6-10(2)13(16)14(12)17/h6-7,9,11,15H,3-5,8,18H2,1-2H3. The highest BCUT2D eigenvalue weighted by Gasteiger charge is 2.28. The van der Waals surface area contributed by atoms with Crippen LogP contribution in [0.4, 0.5) is 8.78 Å². The van der Waals surface area contributed by atoms with Crippen LogP contribution in [-0.2, 0) is 0 Å². The number of nitrogens with two attached hydrogens (primary N) is 1. The molecule has 3 atom stereocenters. The van der Waals surface area contributed by atoms with Crippen molar-refractivity contribution in [3.63, 3.8) is 0 Å². The van der Waals surface area contributed by atoms with Gasteiger partial charge in [-0.25, -0.2) is 8.78 Å². The molecule has 2 rings (SSSR count). The van der Waals surface area contributed by atoms with Gasteiger partial charge in [0.05, 0.1) is 0 Å². The zero-order valence-electron chi connectivity index (χ0n) is 11.0. The van der Waals surface area contributed by atoms with Crippen molar-refractivity contribution in [1.29, 1.82) is 0 Å². The molecule has 0 saturated heterocycles. The Morgan fingerprint density at radius 1 is 1.22 bits per heavy atom. The Balaban J connectivity index is 2.23. The van der Waals surface area contributed by atoms with E-state index in [-0.39, 0.29) is 12.0 Å². The van der Waals surface area contributed by atoms with Gasteiger partial charge < -0.3 is 5.73 Å². The Bertz CT molecular complexity index is 431. The van der Waals surface area contributed by atoms with Crippen molar-refractivity contribution in [1.82, 2.24) is 0 Å². The van der Waals surface area contributed by atoms with Gasteiger partial charge in [0.1, 0.15) is 0 Å². The number of rotatable bonds is 2. The van der Waals surface area contributed by atoms with E-state index in [4.69, 9.17) is 5.73 Å². The molecule has 100 valence electrons. The fourth-order valence-corrected chi connectivity index (χ4v) is 2.98. The Morgan fingerprint density at radius 2 is 1.94 bits per heavy atom. The molecule has 1 aromatic carbocycles. The van der Waals surface area contributed by atoms with Gasteiger partial charge in [0.2, 0.25) is 0 Å². The first-order valence-corrected chi connectivity index (χ1v) is 6.70. The lowest BCUT2D eigenvalue weighted by Gasteiger charge is -2.31. The van der Waals surface area contributed by atoms with Gasteiger partial charge in [-0.2, -0.15) is 0 Å². The van der Waals surface area contributed by atoms with Crippen LogP contribution < -0.4 is 5.73 Å². The van der Waals surface area contributed by atoms with Crippen LogP contribution in [0.3, 0.4) is 0 Å². The number of aryl methyl sites for hydroxylation is 1. The number of halogens is 2. The molecule has 1 saturated carbocycles. The lowest BCUT2D eigenvalue weighted by atomic mass is 9.77. The van der Waals surface area contributed by atoms with Crippen molar-refractivity contribution in [2.45, 2.75) is 45.6 Å². The van der Waals surface area contributed by atoms with Gasteiger partial charge in [0, 0.05) is 11.6 Å². The quantitative estimate of drug-likeness (QED) is 0.843. The second-order valence-corrected chi connectivity index (χ2v) is 5.66. The van der Waals surface area contributed by atoms with E-state index < -0.39 is 11.6 Å². The summed E-state index contributed by atoms with van der Waals surface area (Å²) in [5.74, 6) is -0.619. The Morgan fingerprint density at radius 3 is 2.61 bits per heavy atom. The van der Waals surface area contributed by atoms with Gasteiger partial charge in [0.15, 0.2) is 11.6 Å². The highest BCUT2D eigenvalue weighted by molar-refractivity contribution is 5.28. The maximum absolute atomic E-state index is 13.9. The molecule has 1 aliphatic rings. The Labute approximate surface area is 107 Å². The normalized spacial score (nSPS) is 26.1. The predicted molar refractivity (Wildman–Crippen MR) is 69.1 cm³/mol. The molecule has 1 aromatic rings. The van der Waals surface area contributed by atoms with Crippen LogP contribution in [0.15, 0.2) is 12.1 Å². The minimum atomic E-state index is -0.763. The van der Waals surface area contributed by atoms with Gasteiger partial charge in [-0.05, 0) is 37.2 Å².